The van der Waals surface area contributed by atoms with Gasteiger partial charge in [-0.2, -0.15) is 0 Å². The van der Waals surface area contributed by atoms with Gasteiger partial charge in [0.25, 0.3) is 11.8 Å². The van der Waals surface area contributed by atoms with E-state index in [0.29, 0.717) is 22.6 Å². The lowest BCUT2D eigenvalue weighted by molar-refractivity contribution is -0.134. The number of para-hydroxylation sites is 1. The number of carbonyl (C=O) groups is 3. The summed E-state index contributed by atoms with van der Waals surface area (Å²) in [6.45, 7) is 5.47. The molecule has 3 amide bonds. The fourth-order valence-electron chi connectivity index (χ4n) is 4.12. The molecule has 0 radical (unpaired) electrons. The quantitative estimate of drug-likeness (QED) is 0.601. The SMILES string of the molecule is CC[C@H](C)[C@@H](NC(=O)c1ccccc1NC(=O)c1ccc(OC)cc1)C(=O)N1CCCCCC1. The van der Waals surface area contributed by atoms with Gasteiger partial charge in [0, 0.05) is 18.7 Å². The lowest BCUT2D eigenvalue weighted by Crippen LogP contribution is -2.52. The topological polar surface area (TPSA) is 87.7 Å². The lowest BCUT2D eigenvalue weighted by atomic mass is 9.97. The van der Waals surface area contributed by atoms with Gasteiger partial charge in [-0.3, -0.25) is 14.4 Å². The molecule has 0 bridgehead atoms. The van der Waals surface area contributed by atoms with E-state index in [-0.39, 0.29) is 23.6 Å². The molecule has 2 aromatic rings. The summed E-state index contributed by atoms with van der Waals surface area (Å²) in [7, 11) is 1.56. The third-order valence-electron chi connectivity index (χ3n) is 6.46. The fraction of sp³-hybridized carbons (Fsp3) is 0.444. The van der Waals surface area contributed by atoms with Crippen molar-refractivity contribution in [2.75, 3.05) is 25.5 Å². The maximum absolute atomic E-state index is 13.3. The highest BCUT2D eigenvalue weighted by atomic mass is 16.5. The number of anilines is 1. The monoisotopic (exact) mass is 465 g/mol. The molecular weight excluding hydrogens is 430 g/mol. The minimum absolute atomic E-state index is 0.0132. The third-order valence-corrected chi connectivity index (χ3v) is 6.46. The lowest BCUT2D eigenvalue weighted by Gasteiger charge is -2.30. The summed E-state index contributed by atoms with van der Waals surface area (Å²) in [6.07, 6.45) is 5.01. The molecule has 0 aliphatic carbocycles. The smallest absolute Gasteiger partial charge is 0.255 e. The summed E-state index contributed by atoms with van der Waals surface area (Å²) in [6, 6.07) is 13.0. The van der Waals surface area contributed by atoms with Crippen LogP contribution in [-0.2, 0) is 4.79 Å². The molecule has 1 saturated heterocycles. The molecule has 34 heavy (non-hydrogen) atoms. The summed E-state index contributed by atoms with van der Waals surface area (Å²) < 4.78 is 5.14. The Bertz CT molecular complexity index is 982. The number of rotatable bonds is 8. The van der Waals surface area contributed by atoms with Gasteiger partial charge < -0.3 is 20.3 Å². The maximum Gasteiger partial charge on any atom is 0.255 e. The molecule has 3 rings (SSSR count). The number of nitrogens with zero attached hydrogens (tertiary/aromatic N) is 1. The number of carbonyl (C=O) groups excluding carboxylic acids is 3. The normalized spacial score (nSPS) is 15.6. The molecule has 2 aromatic carbocycles. The summed E-state index contributed by atoms with van der Waals surface area (Å²) in [5, 5.41) is 5.80. The van der Waals surface area contributed by atoms with Crippen LogP contribution in [0.15, 0.2) is 48.5 Å². The number of amides is 3. The van der Waals surface area contributed by atoms with Crippen molar-refractivity contribution in [1.82, 2.24) is 10.2 Å². The Kier molecular flexibility index (Phi) is 9.08. The molecule has 1 aliphatic rings. The van der Waals surface area contributed by atoms with Crippen LogP contribution in [0, 0.1) is 5.92 Å². The van der Waals surface area contributed by atoms with E-state index >= 15 is 0 Å². The number of nitrogens with one attached hydrogen (secondary N) is 2. The molecule has 1 aliphatic heterocycles. The molecule has 2 atom stereocenters. The molecule has 0 aromatic heterocycles. The summed E-state index contributed by atoms with van der Waals surface area (Å²) in [5.74, 6) is -0.0901. The predicted octanol–water partition coefficient (Wildman–Crippen LogP) is 4.49. The molecule has 0 unspecified atom stereocenters. The van der Waals surface area contributed by atoms with Gasteiger partial charge in [0.1, 0.15) is 11.8 Å². The first kappa shape index (κ1) is 25.3. The molecule has 2 N–H and O–H groups in total. The average Bonchev–Trinajstić information content (AvgIpc) is 3.16. The van der Waals surface area contributed by atoms with Crippen LogP contribution in [0.4, 0.5) is 5.69 Å². The second-order valence-electron chi connectivity index (χ2n) is 8.80. The molecule has 1 fully saturated rings. The van der Waals surface area contributed by atoms with Gasteiger partial charge in [-0.25, -0.2) is 0 Å². The maximum atomic E-state index is 13.3. The van der Waals surface area contributed by atoms with E-state index in [1.54, 1.807) is 55.6 Å². The number of hydrogen-bond donors (Lipinski definition) is 2. The fourth-order valence-corrected chi connectivity index (χ4v) is 4.12. The average molecular weight is 466 g/mol. The first-order valence-electron chi connectivity index (χ1n) is 12.1. The van der Waals surface area contributed by atoms with Gasteiger partial charge in [0.05, 0.1) is 18.4 Å². The summed E-state index contributed by atoms with van der Waals surface area (Å²) >= 11 is 0. The summed E-state index contributed by atoms with van der Waals surface area (Å²) in [4.78, 5) is 41.3. The molecule has 7 heteroatoms. The first-order chi connectivity index (χ1) is 16.4. The van der Waals surface area contributed by atoms with Gasteiger partial charge in [-0.15, -0.1) is 0 Å². The van der Waals surface area contributed by atoms with Crippen LogP contribution in [-0.4, -0.2) is 48.9 Å². The molecule has 7 nitrogen and oxygen atoms in total. The van der Waals surface area contributed by atoms with Crippen LogP contribution in [0.25, 0.3) is 0 Å². The van der Waals surface area contributed by atoms with Crippen LogP contribution in [0.3, 0.4) is 0 Å². The zero-order valence-corrected chi connectivity index (χ0v) is 20.3. The highest BCUT2D eigenvalue weighted by Crippen LogP contribution is 2.20. The van der Waals surface area contributed by atoms with E-state index in [2.05, 4.69) is 10.6 Å². The van der Waals surface area contributed by atoms with Gasteiger partial charge in [-0.1, -0.05) is 45.2 Å². The standard InChI is InChI=1S/C27H35N3O4/c1-4-19(2)24(27(33)30-17-9-5-6-10-18-30)29-26(32)22-11-7-8-12-23(22)28-25(31)20-13-15-21(34-3)16-14-20/h7-8,11-16,19,24H,4-6,9-10,17-18H2,1-3H3,(H,28,31)(H,29,32)/t19-,24+/m0/s1. The second-order valence-corrected chi connectivity index (χ2v) is 8.80. The van der Waals surface area contributed by atoms with Crippen molar-refractivity contribution in [2.45, 2.75) is 52.0 Å². The number of hydrogen-bond acceptors (Lipinski definition) is 4. The van der Waals surface area contributed by atoms with Crippen molar-refractivity contribution >= 4 is 23.4 Å². The van der Waals surface area contributed by atoms with E-state index < -0.39 is 6.04 Å². The van der Waals surface area contributed by atoms with Crippen LogP contribution >= 0.6 is 0 Å². The summed E-state index contributed by atoms with van der Waals surface area (Å²) in [5.41, 5.74) is 1.16. The Morgan fingerprint density at radius 1 is 0.941 bits per heavy atom. The van der Waals surface area contributed by atoms with Crippen LogP contribution in [0.2, 0.25) is 0 Å². The van der Waals surface area contributed by atoms with Crippen molar-refractivity contribution in [1.29, 1.82) is 0 Å². The Balaban J connectivity index is 1.77. The molecule has 0 spiro atoms. The minimum Gasteiger partial charge on any atom is -0.497 e. The zero-order valence-electron chi connectivity index (χ0n) is 20.3. The van der Waals surface area contributed by atoms with E-state index in [0.717, 1.165) is 45.2 Å². The van der Waals surface area contributed by atoms with Crippen LogP contribution in [0.5, 0.6) is 5.75 Å². The predicted molar refractivity (Wildman–Crippen MR) is 133 cm³/mol. The molecular formula is C27H35N3O4. The Morgan fingerprint density at radius 2 is 1.59 bits per heavy atom. The van der Waals surface area contributed by atoms with Crippen LogP contribution < -0.4 is 15.4 Å². The van der Waals surface area contributed by atoms with Gasteiger partial charge >= 0.3 is 0 Å². The van der Waals surface area contributed by atoms with E-state index in [1.807, 2.05) is 18.7 Å². The van der Waals surface area contributed by atoms with Gasteiger partial charge in [0.2, 0.25) is 5.91 Å². The minimum atomic E-state index is -0.610. The number of methoxy groups -OCH3 is 1. The van der Waals surface area contributed by atoms with Crippen molar-refractivity contribution in [3.05, 3.63) is 59.7 Å². The van der Waals surface area contributed by atoms with Crippen molar-refractivity contribution in [3.63, 3.8) is 0 Å². The van der Waals surface area contributed by atoms with Crippen LogP contribution in [0.1, 0.15) is 66.7 Å². The Labute approximate surface area is 201 Å². The second kappa shape index (κ2) is 12.2. The number of ether oxygens (including phenoxy) is 1. The van der Waals surface area contributed by atoms with Crippen molar-refractivity contribution in [3.8, 4) is 5.75 Å². The first-order valence-corrected chi connectivity index (χ1v) is 12.1. The molecule has 182 valence electrons. The molecule has 1 heterocycles. The Morgan fingerprint density at radius 3 is 2.21 bits per heavy atom. The zero-order chi connectivity index (χ0) is 24.5. The van der Waals surface area contributed by atoms with Crippen molar-refractivity contribution < 1.29 is 19.1 Å². The number of benzene rings is 2. The van der Waals surface area contributed by atoms with E-state index in [4.69, 9.17) is 4.74 Å². The Hall–Kier alpha value is -3.35. The largest absolute Gasteiger partial charge is 0.497 e. The van der Waals surface area contributed by atoms with E-state index in [1.165, 1.54) is 0 Å². The molecule has 0 saturated carbocycles. The third kappa shape index (κ3) is 6.37. The van der Waals surface area contributed by atoms with E-state index in [9.17, 15) is 14.4 Å². The van der Waals surface area contributed by atoms with Gasteiger partial charge in [0.15, 0.2) is 0 Å². The van der Waals surface area contributed by atoms with Crippen molar-refractivity contribution in [2.24, 2.45) is 5.92 Å². The van der Waals surface area contributed by atoms with Gasteiger partial charge in [-0.05, 0) is 55.2 Å². The number of likely N-dealkylation sites (tertiary alicyclic amines) is 1. The highest BCUT2D eigenvalue weighted by molar-refractivity contribution is 6.09. The highest BCUT2D eigenvalue weighted by Gasteiger charge is 2.31.